The van der Waals surface area contributed by atoms with E-state index in [0.717, 1.165) is 28.6 Å². The third kappa shape index (κ3) is 5.58. The molecule has 6 heteroatoms. The van der Waals surface area contributed by atoms with Crippen LogP contribution in [0.2, 0.25) is 4.34 Å². The molecule has 2 N–H and O–H groups in total. The fourth-order valence-corrected chi connectivity index (χ4v) is 3.84. The Morgan fingerprint density at radius 2 is 2.12 bits per heavy atom. The molecule has 0 unspecified atom stereocenters. The SMILES string of the molecule is C=CC(=O)N1CCc2cc(Cl)sc2C1.CN=C/C=C(\N)c1ccccc1. The normalized spacial score (nSPS) is 13.8. The van der Waals surface area contributed by atoms with Crippen LogP contribution in [0, 0.1) is 0 Å². The van der Waals surface area contributed by atoms with Crippen molar-refractivity contribution in [1.82, 2.24) is 4.90 Å². The predicted octanol–water partition coefficient (Wildman–Crippen LogP) is 4.16. The van der Waals surface area contributed by atoms with Gasteiger partial charge in [-0.2, -0.15) is 0 Å². The second-order valence-corrected chi connectivity index (χ2v) is 7.38. The molecule has 26 heavy (non-hydrogen) atoms. The number of hydrogen-bond donors (Lipinski definition) is 1. The average molecular weight is 388 g/mol. The van der Waals surface area contributed by atoms with Gasteiger partial charge >= 0.3 is 0 Å². The third-order valence-electron chi connectivity index (χ3n) is 3.85. The first kappa shape index (κ1) is 19.9. The molecule has 0 spiro atoms. The van der Waals surface area contributed by atoms with Gasteiger partial charge in [-0.25, -0.2) is 0 Å². The van der Waals surface area contributed by atoms with E-state index in [1.54, 1.807) is 35.6 Å². The zero-order valence-corrected chi connectivity index (χ0v) is 16.3. The summed E-state index contributed by atoms with van der Waals surface area (Å²) < 4.78 is 0.808. The number of nitrogens with zero attached hydrogens (tertiary/aromatic N) is 2. The maximum atomic E-state index is 11.4. The van der Waals surface area contributed by atoms with E-state index in [9.17, 15) is 4.79 Å². The number of carbonyl (C=O) groups excluding carboxylic acids is 1. The number of amides is 1. The molecule has 136 valence electrons. The highest BCUT2D eigenvalue weighted by Crippen LogP contribution is 2.31. The molecular weight excluding hydrogens is 366 g/mol. The van der Waals surface area contributed by atoms with Crippen LogP contribution in [0.1, 0.15) is 16.0 Å². The van der Waals surface area contributed by atoms with Crippen LogP contribution in [-0.4, -0.2) is 30.6 Å². The molecule has 0 atom stereocenters. The molecule has 1 aliphatic heterocycles. The lowest BCUT2D eigenvalue weighted by atomic mass is 10.1. The zero-order chi connectivity index (χ0) is 18.9. The topological polar surface area (TPSA) is 58.7 Å². The number of nitrogens with two attached hydrogens (primary N) is 1. The summed E-state index contributed by atoms with van der Waals surface area (Å²) in [4.78, 5) is 18.2. The van der Waals surface area contributed by atoms with Gasteiger partial charge in [0.2, 0.25) is 5.91 Å². The van der Waals surface area contributed by atoms with Gasteiger partial charge in [-0.3, -0.25) is 9.79 Å². The van der Waals surface area contributed by atoms with Crippen LogP contribution in [0.15, 0.2) is 60.1 Å². The monoisotopic (exact) mass is 387 g/mol. The lowest BCUT2D eigenvalue weighted by Crippen LogP contribution is -2.33. The molecule has 2 heterocycles. The Labute approximate surface area is 163 Å². The standard InChI is InChI=1S/C10H10ClNOS.C10H12N2/c1-2-10(13)12-4-3-7-5-9(11)14-8(7)6-12;1-12-8-7-10(11)9-5-3-2-4-6-9/h2,5H,1,3-4,6H2;2-8H,11H2,1H3/b;10-7-,12-8?. The van der Waals surface area contributed by atoms with Crippen LogP contribution in [-0.2, 0) is 17.8 Å². The van der Waals surface area contributed by atoms with Gasteiger partial charge in [0.1, 0.15) is 0 Å². The number of aliphatic imine (C=N–C) groups is 1. The van der Waals surface area contributed by atoms with Crippen LogP contribution in [0.25, 0.3) is 5.70 Å². The van der Waals surface area contributed by atoms with Crippen LogP contribution >= 0.6 is 22.9 Å². The highest BCUT2D eigenvalue weighted by atomic mass is 35.5. The Balaban J connectivity index is 0.000000190. The second kappa shape index (κ2) is 9.94. The number of fused-ring (bicyclic) bond motifs is 1. The molecule has 0 bridgehead atoms. The summed E-state index contributed by atoms with van der Waals surface area (Å²) in [6, 6.07) is 11.8. The summed E-state index contributed by atoms with van der Waals surface area (Å²) in [5.74, 6) is 0.000160. The fourth-order valence-electron chi connectivity index (χ4n) is 2.48. The van der Waals surface area contributed by atoms with Crippen molar-refractivity contribution in [3.8, 4) is 0 Å². The highest BCUT2D eigenvalue weighted by Gasteiger charge is 2.20. The summed E-state index contributed by atoms with van der Waals surface area (Å²) in [7, 11) is 1.72. The van der Waals surface area contributed by atoms with Gasteiger partial charge in [-0.15, -0.1) is 11.3 Å². The predicted molar refractivity (Wildman–Crippen MR) is 112 cm³/mol. The Bertz CT molecular complexity index is 812. The molecule has 1 aromatic carbocycles. The van der Waals surface area contributed by atoms with Crippen molar-refractivity contribution in [3.63, 3.8) is 0 Å². The summed E-state index contributed by atoms with van der Waals surface area (Å²) in [6.45, 7) is 4.93. The Hall–Kier alpha value is -2.37. The van der Waals surface area contributed by atoms with Gasteiger partial charge in [0.25, 0.3) is 0 Å². The molecule has 4 nitrogen and oxygen atoms in total. The number of carbonyl (C=O) groups is 1. The minimum absolute atomic E-state index is 0.000160. The largest absolute Gasteiger partial charge is 0.398 e. The molecule has 0 saturated carbocycles. The second-order valence-electron chi connectivity index (χ2n) is 5.61. The van der Waals surface area contributed by atoms with E-state index in [2.05, 4.69) is 11.6 Å². The van der Waals surface area contributed by atoms with Gasteiger partial charge in [-0.1, -0.05) is 48.5 Å². The number of rotatable bonds is 3. The van der Waals surface area contributed by atoms with E-state index < -0.39 is 0 Å². The van der Waals surface area contributed by atoms with Crippen molar-refractivity contribution in [3.05, 3.63) is 75.5 Å². The first-order valence-corrected chi connectivity index (χ1v) is 9.36. The maximum absolute atomic E-state index is 11.4. The molecule has 0 fully saturated rings. The van der Waals surface area contributed by atoms with Crippen molar-refractivity contribution in [1.29, 1.82) is 0 Å². The molecule has 0 aliphatic carbocycles. The van der Waals surface area contributed by atoms with E-state index in [1.165, 1.54) is 16.5 Å². The molecule has 2 aromatic rings. The van der Waals surface area contributed by atoms with Crippen LogP contribution in [0.3, 0.4) is 0 Å². The molecule has 3 rings (SSSR count). The zero-order valence-electron chi connectivity index (χ0n) is 14.7. The van der Waals surface area contributed by atoms with Crippen molar-refractivity contribution in [2.24, 2.45) is 10.7 Å². The fraction of sp³-hybridized carbons (Fsp3) is 0.200. The van der Waals surface area contributed by atoms with E-state index in [4.69, 9.17) is 17.3 Å². The van der Waals surface area contributed by atoms with E-state index >= 15 is 0 Å². The van der Waals surface area contributed by atoms with Crippen LogP contribution < -0.4 is 5.73 Å². The highest BCUT2D eigenvalue weighted by molar-refractivity contribution is 7.16. The van der Waals surface area contributed by atoms with Crippen molar-refractivity contribution >= 4 is 40.8 Å². The molecule has 0 saturated heterocycles. The Morgan fingerprint density at radius 1 is 1.38 bits per heavy atom. The van der Waals surface area contributed by atoms with Crippen molar-refractivity contribution < 1.29 is 4.79 Å². The van der Waals surface area contributed by atoms with Gasteiger partial charge in [0.05, 0.1) is 10.9 Å². The van der Waals surface area contributed by atoms with Crippen molar-refractivity contribution in [2.75, 3.05) is 13.6 Å². The number of benzene rings is 1. The number of halogens is 1. The summed E-state index contributed by atoms with van der Waals surface area (Å²) in [6.07, 6.45) is 5.73. The number of allylic oxidation sites excluding steroid dienone is 1. The smallest absolute Gasteiger partial charge is 0.246 e. The van der Waals surface area contributed by atoms with Crippen molar-refractivity contribution in [2.45, 2.75) is 13.0 Å². The number of thiophene rings is 1. The number of hydrogen-bond acceptors (Lipinski definition) is 4. The van der Waals surface area contributed by atoms with E-state index in [-0.39, 0.29) is 5.91 Å². The molecule has 1 aromatic heterocycles. The first-order valence-electron chi connectivity index (χ1n) is 8.17. The lowest BCUT2D eigenvalue weighted by molar-refractivity contribution is -0.126. The third-order valence-corrected chi connectivity index (χ3v) is 5.14. The van der Waals surface area contributed by atoms with Gasteiger partial charge < -0.3 is 10.6 Å². The summed E-state index contributed by atoms with van der Waals surface area (Å²) >= 11 is 7.47. The minimum atomic E-state index is 0.000160. The maximum Gasteiger partial charge on any atom is 0.246 e. The summed E-state index contributed by atoms with van der Waals surface area (Å²) in [5, 5.41) is 0. The van der Waals surface area contributed by atoms with E-state index in [0.29, 0.717) is 6.54 Å². The van der Waals surface area contributed by atoms with E-state index in [1.807, 2.05) is 36.4 Å². The van der Waals surface area contributed by atoms with Gasteiger partial charge in [-0.05, 0) is 35.8 Å². The van der Waals surface area contributed by atoms with Crippen LogP contribution in [0.5, 0.6) is 0 Å². The van der Waals surface area contributed by atoms with Gasteiger partial charge in [0, 0.05) is 30.4 Å². The first-order chi connectivity index (χ1) is 12.5. The Morgan fingerprint density at radius 3 is 2.77 bits per heavy atom. The molecule has 1 amide bonds. The van der Waals surface area contributed by atoms with Gasteiger partial charge in [0.15, 0.2) is 0 Å². The molecular formula is C20H22ClN3OS. The average Bonchev–Trinajstić information content (AvgIpc) is 3.05. The minimum Gasteiger partial charge on any atom is -0.398 e. The quantitative estimate of drug-likeness (QED) is 0.635. The Kier molecular flexibility index (Phi) is 7.63. The lowest BCUT2D eigenvalue weighted by Gasteiger charge is -2.25. The van der Waals surface area contributed by atoms with Crippen LogP contribution in [0.4, 0.5) is 0 Å². The molecule has 1 aliphatic rings. The molecule has 0 radical (unpaired) electrons. The summed E-state index contributed by atoms with van der Waals surface area (Å²) in [5.41, 5.74) is 8.80.